The largest absolute Gasteiger partial charge is 0.417 e. The monoisotopic (exact) mass is 192 g/mol. The lowest BCUT2D eigenvalue weighted by atomic mass is 10.0. The molecule has 4 heteroatoms. The molecule has 0 radical (unpaired) electrons. The van der Waals surface area contributed by atoms with Crippen molar-refractivity contribution in [2.75, 3.05) is 5.73 Å². The third-order valence-electron chi connectivity index (χ3n) is 2.24. The molecule has 3 N–H and O–H groups in total. The Morgan fingerprint density at radius 2 is 2.14 bits per heavy atom. The van der Waals surface area contributed by atoms with Crippen molar-refractivity contribution < 1.29 is 4.42 Å². The number of hydrogen-bond donors (Lipinski definition) is 2. The molecule has 0 atom stereocenters. The number of nitrogens with one attached hydrogen (secondary N) is 1. The van der Waals surface area contributed by atoms with Crippen LogP contribution in [0.5, 0.6) is 0 Å². The van der Waals surface area contributed by atoms with Gasteiger partial charge in [-0.2, -0.15) is 0 Å². The topological polar surface area (TPSA) is 72.0 Å². The fourth-order valence-corrected chi connectivity index (χ4v) is 1.44. The number of benzene rings is 1. The van der Waals surface area contributed by atoms with Crippen LogP contribution in [-0.4, -0.2) is 4.98 Å². The summed E-state index contributed by atoms with van der Waals surface area (Å²) in [7, 11) is 0. The molecule has 0 saturated carbocycles. The van der Waals surface area contributed by atoms with Crippen molar-refractivity contribution in [2.45, 2.75) is 19.8 Å². The van der Waals surface area contributed by atoms with E-state index in [4.69, 9.17) is 10.2 Å². The Labute approximate surface area is 80.7 Å². The second kappa shape index (κ2) is 2.90. The average molecular weight is 192 g/mol. The van der Waals surface area contributed by atoms with Crippen molar-refractivity contribution in [2.24, 2.45) is 0 Å². The average Bonchev–Trinajstić information content (AvgIpc) is 2.45. The molecule has 0 aliphatic heterocycles. The maximum absolute atomic E-state index is 10.9. The Kier molecular flexibility index (Phi) is 1.84. The van der Waals surface area contributed by atoms with Crippen LogP contribution in [0.25, 0.3) is 11.1 Å². The van der Waals surface area contributed by atoms with Gasteiger partial charge in [-0.05, 0) is 23.6 Å². The molecule has 0 unspecified atom stereocenters. The van der Waals surface area contributed by atoms with Crippen molar-refractivity contribution in [3.63, 3.8) is 0 Å². The van der Waals surface area contributed by atoms with E-state index in [1.165, 1.54) is 0 Å². The molecule has 0 bridgehead atoms. The van der Waals surface area contributed by atoms with E-state index in [9.17, 15) is 4.79 Å². The number of hydrogen-bond acceptors (Lipinski definition) is 3. The van der Waals surface area contributed by atoms with Gasteiger partial charge >= 0.3 is 5.76 Å². The summed E-state index contributed by atoms with van der Waals surface area (Å²) in [6.07, 6.45) is 0. The minimum Gasteiger partial charge on any atom is -0.406 e. The van der Waals surface area contributed by atoms with Gasteiger partial charge in [0.1, 0.15) is 0 Å². The van der Waals surface area contributed by atoms with E-state index < -0.39 is 5.76 Å². The summed E-state index contributed by atoms with van der Waals surface area (Å²) in [5, 5.41) is 0. The first kappa shape index (κ1) is 8.87. The predicted octanol–water partition coefficient (Wildman–Crippen LogP) is 1.83. The number of fused-ring (bicyclic) bond motifs is 1. The smallest absolute Gasteiger partial charge is 0.406 e. The molecule has 4 nitrogen and oxygen atoms in total. The SMILES string of the molecule is CC(C)c1cc(N)c2oc(=O)[nH]c2c1. The van der Waals surface area contributed by atoms with Gasteiger partial charge < -0.3 is 10.2 Å². The Morgan fingerprint density at radius 3 is 2.79 bits per heavy atom. The highest BCUT2D eigenvalue weighted by Crippen LogP contribution is 2.24. The summed E-state index contributed by atoms with van der Waals surface area (Å²) >= 11 is 0. The van der Waals surface area contributed by atoms with Crippen LogP contribution in [0.3, 0.4) is 0 Å². The normalized spacial score (nSPS) is 11.4. The van der Waals surface area contributed by atoms with Gasteiger partial charge in [-0.1, -0.05) is 13.8 Å². The lowest BCUT2D eigenvalue weighted by molar-refractivity contribution is 0.556. The number of aromatic nitrogens is 1. The number of rotatable bonds is 1. The number of oxazole rings is 1. The number of aromatic amines is 1. The van der Waals surface area contributed by atoms with Gasteiger partial charge in [0.15, 0.2) is 5.58 Å². The van der Waals surface area contributed by atoms with E-state index in [0.29, 0.717) is 22.7 Å². The summed E-state index contributed by atoms with van der Waals surface area (Å²) < 4.78 is 4.90. The molecule has 0 amide bonds. The second-order valence-electron chi connectivity index (χ2n) is 3.66. The van der Waals surface area contributed by atoms with Crippen molar-refractivity contribution >= 4 is 16.8 Å². The molecule has 0 spiro atoms. The minimum atomic E-state index is -0.465. The van der Waals surface area contributed by atoms with E-state index in [2.05, 4.69) is 18.8 Å². The first-order chi connectivity index (χ1) is 6.58. The van der Waals surface area contributed by atoms with Crippen LogP contribution in [0.15, 0.2) is 21.3 Å². The predicted molar refractivity (Wildman–Crippen MR) is 55.3 cm³/mol. The zero-order valence-electron chi connectivity index (χ0n) is 8.13. The molecule has 2 aromatic rings. The Hall–Kier alpha value is -1.71. The van der Waals surface area contributed by atoms with E-state index in [1.54, 1.807) is 0 Å². The molecule has 1 aromatic heterocycles. The fourth-order valence-electron chi connectivity index (χ4n) is 1.44. The van der Waals surface area contributed by atoms with E-state index in [0.717, 1.165) is 5.56 Å². The number of nitrogens with two attached hydrogens (primary N) is 1. The lowest BCUT2D eigenvalue weighted by Crippen LogP contribution is -1.93. The van der Waals surface area contributed by atoms with Gasteiger partial charge in [-0.3, -0.25) is 4.98 Å². The van der Waals surface area contributed by atoms with Gasteiger partial charge in [0.2, 0.25) is 0 Å². The molecule has 14 heavy (non-hydrogen) atoms. The highest BCUT2D eigenvalue weighted by atomic mass is 16.4. The molecule has 74 valence electrons. The summed E-state index contributed by atoms with van der Waals surface area (Å²) in [4.78, 5) is 13.5. The van der Waals surface area contributed by atoms with Crippen LogP contribution in [0.4, 0.5) is 5.69 Å². The molecule has 0 fully saturated rings. The van der Waals surface area contributed by atoms with Gasteiger partial charge in [-0.15, -0.1) is 0 Å². The van der Waals surface area contributed by atoms with Crippen LogP contribution >= 0.6 is 0 Å². The van der Waals surface area contributed by atoms with Gasteiger partial charge in [0.05, 0.1) is 11.2 Å². The highest BCUT2D eigenvalue weighted by Gasteiger charge is 2.08. The number of nitrogen functional groups attached to an aromatic ring is 1. The first-order valence-electron chi connectivity index (χ1n) is 4.50. The number of anilines is 1. The van der Waals surface area contributed by atoms with Crippen LogP contribution < -0.4 is 11.5 Å². The summed E-state index contributed by atoms with van der Waals surface area (Å²) in [6.45, 7) is 4.14. The molecule has 1 heterocycles. The van der Waals surface area contributed by atoms with Gasteiger partial charge in [0.25, 0.3) is 0 Å². The Morgan fingerprint density at radius 1 is 1.43 bits per heavy atom. The number of H-pyrrole nitrogens is 1. The minimum absolute atomic E-state index is 0.375. The lowest BCUT2D eigenvalue weighted by Gasteiger charge is -2.05. The van der Waals surface area contributed by atoms with Gasteiger partial charge in [0, 0.05) is 0 Å². The molecule has 0 aliphatic carbocycles. The first-order valence-corrected chi connectivity index (χ1v) is 4.50. The maximum atomic E-state index is 10.9. The summed E-state index contributed by atoms with van der Waals surface area (Å²) in [5.41, 5.74) is 8.46. The highest BCUT2D eigenvalue weighted by molar-refractivity contribution is 5.85. The van der Waals surface area contributed by atoms with Crippen LogP contribution in [0.1, 0.15) is 25.3 Å². The maximum Gasteiger partial charge on any atom is 0.417 e. The third kappa shape index (κ3) is 1.28. The molecule has 2 rings (SSSR count). The quantitative estimate of drug-likeness (QED) is 0.677. The Balaban J connectivity index is 2.77. The van der Waals surface area contributed by atoms with Crippen molar-refractivity contribution in [1.29, 1.82) is 0 Å². The van der Waals surface area contributed by atoms with E-state index >= 15 is 0 Å². The zero-order valence-corrected chi connectivity index (χ0v) is 8.13. The third-order valence-corrected chi connectivity index (χ3v) is 2.24. The fraction of sp³-hybridized carbons (Fsp3) is 0.300. The van der Waals surface area contributed by atoms with Crippen molar-refractivity contribution in [3.05, 3.63) is 28.2 Å². The van der Waals surface area contributed by atoms with Crippen molar-refractivity contribution in [1.82, 2.24) is 4.98 Å². The second-order valence-corrected chi connectivity index (χ2v) is 3.66. The van der Waals surface area contributed by atoms with Gasteiger partial charge in [-0.25, -0.2) is 4.79 Å². The van der Waals surface area contributed by atoms with Crippen molar-refractivity contribution in [3.8, 4) is 0 Å². The van der Waals surface area contributed by atoms with Crippen LogP contribution in [0.2, 0.25) is 0 Å². The molecule has 0 aliphatic rings. The zero-order chi connectivity index (χ0) is 10.3. The molecule has 1 aromatic carbocycles. The molecular weight excluding hydrogens is 180 g/mol. The van der Waals surface area contributed by atoms with Crippen LogP contribution in [-0.2, 0) is 0 Å². The summed E-state index contributed by atoms with van der Waals surface area (Å²) in [6, 6.07) is 3.73. The van der Waals surface area contributed by atoms with E-state index in [-0.39, 0.29) is 0 Å². The standard InChI is InChI=1S/C10H12N2O2/c1-5(2)6-3-7(11)9-8(4-6)12-10(13)14-9/h3-5H,11H2,1-2H3,(H,12,13). The van der Waals surface area contributed by atoms with Crippen LogP contribution in [0, 0.1) is 0 Å². The molecule has 0 saturated heterocycles. The van der Waals surface area contributed by atoms with E-state index in [1.807, 2.05) is 12.1 Å². The molecular formula is C10H12N2O2. The summed E-state index contributed by atoms with van der Waals surface area (Å²) in [5.74, 6) is -0.0901. The Bertz CT molecular complexity index is 522.